The van der Waals surface area contributed by atoms with Crippen molar-refractivity contribution in [3.8, 4) is 0 Å². The van der Waals surface area contributed by atoms with Crippen molar-refractivity contribution in [3.05, 3.63) is 29.8 Å². The number of para-hydroxylation sites is 1. The monoisotopic (exact) mass is 338 g/mol. The summed E-state index contributed by atoms with van der Waals surface area (Å²) >= 11 is 0. The highest BCUT2D eigenvalue weighted by atomic mass is 32.2. The van der Waals surface area contributed by atoms with Gasteiger partial charge in [-0.3, -0.25) is 4.21 Å². The van der Waals surface area contributed by atoms with E-state index in [2.05, 4.69) is 5.32 Å². The summed E-state index contributed by atoms with van der Waals surface area (Å²) in [6, 6.07) is 7.51. The fourth-order valence-corrected chi connectivity index (χ4v) is 3.71. The Hall–Kier alpha value is -1.40. The molecular weight excluding hydrogens is 312 g/mol. The van der Waals surface area contributed by atoms with Crippen molar-refractivity contribution in [1.82, 2.24) is 4.90 Å². The topological polar surface area (TPSA) is 58.6 Å². The second-order valence-corrected chi connectivity index (χ2v) is 8.88. The normalized spacial score (nSPS) is 20.6. The first-order chi connectivity index (χ1) is 10.8. The predicted molar refractivity (Wildman–Crippen MR) is 94.0 cm³/mol. The van der Waals surface area contributed by atoms with Crippen molar-refractivity contribution in [2.24, 2.45) is 0 Å². The maximum absolute atomic E-state index is 12.5. The number of hydrogen-bond donors (Lipinski definition) is 1. The predicted octanol–water partition coefficient (Wildman–Crippen LogP) is 2.99. The average molecular weight is 338 g/mol. The second-order valence-electron chi connectivity index (χ2n) is 6.68. The van der Waals surface area contributed by atoms with Crippen LogP contribution in [0.1, 0.15) is 33.3 Å². The van der Waals surface area contributed by atoms with Crippen LogP contribution in [-0.2, 0) is 22.1 Å². The highest BCUT2D eigenvalue weighted by Gasteiger charge is 2.35. The summed E-state index contributed by atoms with van der Waals surface area (Å²) in [5, 5.41) is 2.96. The van der Waals surface area contributed by atoms with E-state index in [1.165, 1.54) is 0 Å². The zero-order chi connectivity index (χ0) is 17.0. The summed E-state index contributed by atoms with van der Waals surface area (Å²) in [5.41, 5.74) is 1.72. The highest BCUT2D eigenvalue weighted by molar-refractivity contribution is 7.86. The SMILES string of the molecule is CC(C)OCc1ccccc1NC(=O)N1CC[S@](=O)C(C)(C)C1. The van der Waals surface area contributed by atoms with E-state index in [0.717, 1.165) is 11.3 Å². The first-order valence-corrected chi connectivity index (χ1v) is 9.25. The molecule has 1 fully saturated rings. The number of carbonyl (C=O) groups excluding carboxylic acids is 1. The van der Waals surface area contributed by atoms with Crippen molar-refractivity contribution in [2.75, 3.05) is 24.2 Å². The zero-order valence-corrected chi connectivity index (χ0v) is 15.1. The van der Waals surface area contributed by atoms with Crippen molar-refractivity contribution in [1.29, 1.82) is 0 Å². The molecule has 0 aliphatic carbocycles. The molecule has 6 heteroatoms. The molecule has 128 valence electrons. The molecule has 0 aromatic heterocycles. The number of rotatable bonds is 4. The summed E-state index contributed by atoms with van der Waals surface area (Å²) in [4.78, 5) is 14.3. The van der Waals surface area contributed by atoms with Gasteiger partial charge in [-0.25, -0.2) is 4.79 Å². The van der Waals surface area contributed by atoms with Crippen LogP contribution in [0.25, 0.3) is 0 Å². The van der Waals surface area contributed by atoms with Crippen LogP contribution in [0.3, 0.4) is 0 Å². The van der Waals surface area contributed by atoms with E-state index in [1.54, 1.807) is 4.90 Å². The van der Waals surface area contributed by atoms with Crippen molar-refractivity contribution < 1.29 is 13.7 Å². The van der Waals surface area contributed by atoms with Gasteiger partial charge in [0.15, 0.2) is 0 Å². The molecule has 1 atom stereocenters. The van der Waals surface area contributed by atoms with E-state index < -0.39 is 10.8 Å². The fourth-order valence-electron chi connectivity index (χ4n) is 2.47. The van der Waals surface area contributed by atoms with E-state index in [4.69, 9.17) is 4.74 Å². The van der Waals surface area contributed by atoms with E-state index in [1.807, 2.05) is 52.0 Å². The number of ether oxygens (including phenoxy) is 1. The number of hydrogen-bond acceptors (Lipinski definition) is 3. The van der Waals surface area contributed by atoms with Gasteiger partial charge < -0.3 is 15.0 Å². The lowest BCUT2D eigenvalue weighted by Gasteiger charge is -2.37. The van der Waals surface area contributed by atoms with Gasteiger partial charge in [-0.2, -0.15) is 0 Å². The van der Waals surface area contributed by atoms with Gasteiger partial charge in [0.05, 0.1) is 17.5 Å². The third-order valence-corrected chi connectivity index (χ3v) is 5.77. The Morgan fingerprint density at radius 1 is 1.39 bits per heavy atom. The summed E-state index contributed by atoms with van der Waals surface area (Å²) in [7, 11) is -0.889. The van der Waals surface area contributed by atoms with Crippen LogP contribution in [0.4, 0.5) is 10.5 Å². The molecule has 0 radical (unpaired) electrons. The molecule has 1 aliphatic heterocycles. The summed E-state index contributed by atoms with van der Waals surface area (Å²) in [5.74, 6) is 0.526. The van der Waals surface area contributed by atoms with Crippen molar-refractivity contribution in [3.63, 3.8) is 0 Å². The fraction of sp³-hybridized carbons (Fsp3) is 0.588. The van der Waals surface area contributed by atoms with Gasteiger partial charge in [0.1, 0.15) is 0 Å². The van der Waals surface area contributed by atoms with E-state index in [9.17, 15) is 9.00 Å². The Morgan fingerprint density at radius 3 is 2.74 bits per heavy atom. The third kappa shape index (κ3) is 4.78. The molecule has 0 saturated carbocycles. The molecule has 0 unspecified atom stereocenters. The minimum atomic E-state index is -0.889. The summed E-state index contributed by atoms with van der Waals surface area (Å²) in [6.45, 7) is 9.32. The molecule has 5 nitrogen and oxygen atoms in total. The van der Waals surface area contributed by atoms with Gasteiger partial charge in [-0.15, -0.1) is 0 Å². The Balaban J connectivity index is 2.04. The number of carbonyl (C=O) groups is 1. The number of amides is 2. The molecule has 0 bridgehead atoms. The number of urea groups is 1. The van der Waals surface area contributed by atoms with Crippen LogP contribution in [0.2, 0.25) is 0 Å². The molecule has 1 aromatic carbocycles. The molecular formula is C17H26N2O3S. The Kier molecular flexibility index (Phi) is 5.81. The maximum Gasteiger partial charge on any atom is 0.321 e. The van der Waals surface area contributed by atoms with Gasteiger partial charge in [0.2, 0.25) is 0 Å². The van der Waals surface area contributed by atoms with Gasteiger partial charge in [0.25, 0.3) is 0 Å². The lowest BCUT2D eigenvalue weighted by atomic mass is 10.2. The third-order valence-electron chi connectivity index (χ3n) is 3.85. The lowest BCUT2D eigenvalue weighted by molar-refractivity contribution is 0.0660. The maximum atomic E-state index is 12.5. The van der Waals surface area contributed by atoms with Crippen molar-refractivity contribution >= 4 is 22.5 Å². The van der Waals surface area contributed by atoms with Gasteiger partial charge in [0, 0.05) is 40.9 Å². The number of anilines is 1. The van der Waals surface area contributed by atoms with Crippen LogP contribution >= 0.6 is 0 Å². The quantitative estimate of drug-likeness (QED) is 0.918. The summed E-state index contributed by atoms with van der Waals surface area (Å²) in [6.07, 6.45) is 0.136. The van der Waals surface area contributed by atoms with Crippen LogP contribution in [0, 0.1) is 0 Å². The standard InChI is InChI=1S/C17H26N2O3S/c1-13(2)22-11-14-7-5-6-8-15(14)18-16(20)19-9-10-23(21)17(3,4)12-19/h5-8,13H,9-12H2,1-4H3,(H,18,20)/t23-/m0/s1. The molecule has 1 aromatic rings. The Labute approximate surface area is 140 Å². The van der Waals surface area contributed by atoms with Gasteiger partial charge >= 0.3 is 6.03 Å². The van der Waals surface area contributed by atoms with Crippen LogP contribution < -0.4 is 5.32 Å². The van der Waals surface area contributed by atoms with E-state index in [0.29, 0.717) is 25.4 Å². The number of benzene rings is 1. The number of nitrogens with zero attached hydrogens (tertiary/aromatic N) is 1. The Morgan fingerprint density at radius 2 is 2.09 bits per heavy atom. The second kappa shape index (κ2) is 7.45. The van der Waals surface area contributed by atoms with Crippen LogP contribution in [-0.4, -0.2) is 44.8 Å². The van der Waals surface area contributed by atoms with Crippen LogP contribution in [0.15, 0.2) is 24.3 Å². The van der Waals surface area contributed by atoms with E-state index in [-0.39, 0.29) is 16.9 Å². The summed E-state index contributed by atoms with van der Waals surface area (Å²) < 4.78 is 17.3. The minimum absolute atomic E-state index is 0.136. The molecule has 1 heterocycles. The molecule has 23 heavy (non-hydrogen) atoms. The smallest absolute Gasteiger partial charge is 0.321 e. The van der Waals surface area contributed by atoms with Gasteiger partial charge in [-0.1, -0.05) is 18.2 Å². The molecule has 0 spiro atoms. The molecule has 1 aliphatic rings. The minimum Gasteiger partial charge on any atom is -0.374 e. The largest absolute Gasteiger partial charge is 0.374 e. The lowest BCUT2D eigenvalue weighted by Crippen LogP contribution is -2.53. The van der Waals surface area contributed by atoms with Crippen LogP contribution in [0.5, 0.6) is 0 Å². The Bertz CT molecular complexity index is 587. The highest BCUT2D eigenvalue weighted by Crippen LogP contribution is 2.22. The zero-order valence-electron chi connectivity index (χ0n) is 14.3. The first-order valence-electron chi connectivity index (χ1n) is 7.93. The molecule has 2 amide bonds. The van der Waals surface area contributed by atoms with Crippen molar-refractivity contribution in [2.45, 2.75) is 45.2 Å². The van der Waals surface area contributed by atoms with E-state index >= 15 is 0 Å². The number of nitrogens with one attached hydrogen (secondary N) is 1. The molecule has 2 rings (SSSR count). The first kappa shape index (κ1) is 17.9. The van der Waals surface area contributed by atoms with Gasteiger partial charge in [-0.05, 0) is 33.8 Å². The molecule has 1 N–H and O–H groups in total. The molecule has 1 saturated heterocycles. The average Bonchev–Trinajstić information content (AvgIpc) is 2.49.